The SMILES string of the molecule is CNc1cc(NCc2nc(C)c(C)o2)ccn1. The summed E-state index contributed by atoms with van der Waals surface area (Å²) in [5.74, 6) is 2.39. The zero-order valence-electron chi connectivity index (χ0n) is 10.2. The number of rotatable bonds is 4. The van der Waals surface area contributed by atoms with Crippen molar-refractivity contribution in [1.82, 2.24) is 9.97 Å². The molecule has 0 aliphatic rings. The summed E-state index contributed by atoms with van der Waals surface area (Å²) in [5.41, 5.74) is 1.92. The van der Waals surface area contributed by atoms with Gasteiger partial charge in [-0.1, -0.05) is 0 Å². The van der Waals surface area contributed by atoms with Gasteiger partial charge in [-0.2, -0.15) is 0 Å². The molecule has 90 valence electrons. The summed E-state index contributed by atoms with van der Waals surface area (Å²) in [6, 6.07) is 3.84. The van der Waals surface area contributed by atoms with E-state index in [2.05, 4.69) is 20.6 Å². The Bertz CT molecular complexity index is 487. The van der Waals surface area contributed by atoms with Crippen LogP contribution >= 0.6 is 0 Å². The third-order valence-corrected chi connectivity index (χ3v) is 2.53. The Kier molecular flexibility index (Phi) is 3.27. The van der Waals surface area contributed by atoms with Gasteiger partial charge >= 0.3 is 0 Å². The molecular formula is C12H16N4O. The number of aryl methyl sites for hydroxylation is 2. The minimum absolute atomic E-state index is 0.571. The van der Waals surface area contributed by atoms with Crippen LogP contribution < -0.4 is 10.6 Å². The first-order valence-electron chi connectivity index (χ1n) is 5.49. The number of oxazole rings is 1. The number of pyridine rings is 1. The fourth-order valence-electron chi connectivity index (χ4n) is 1.47. The molecule has 2 N–H and O–H groups in total. The second-order valence-electron chi connectivity index (χ2n) is 3.78. The first-order valence-corrected chi connectivity index (χ1v) is 5.49. The lowest BCUT2D eigenvalue weighted by atomic mass is 10.4. The molecule has 0 atom stereocenters. The quantitative estimate of drug-likeness (QED) is 0.847. The Morgan fingerprint density at radius 1 is 1.35 bits per heavy atom. The van der Waals surface area contributed by atoms with Gasteiger partial charge in [-0.15, -0.1) is 0 Å². The number of nitrogens with one attached hydrogen (secondary N) is 2. The van der Waals surface area contributed by atoms with Crippen molar-refractivity contribution in [2.24, 2.45) is 0 Å². The highest BCUT2D eigenvalue weighted by atomic mass is 16.4. The van der Waals surface area contributed by atoms with E-state index in [-0.39, 0.29) is 0 Å². The van der Waals surface area contributed by atoms with Crippen molar-refractivity contribution in [3.8, 4) is 0 Å². The third-order valence-electron chi connectivity index (χ3n) is 2.53. The van der Waals surface area contributed by atoms with E-state index in [1.807, 2.05) is 33.0 Å². The largest absolute Gasteiger partial charge is 0.444 e. The van der Waals surface area contributed by atoms with Gasteiger partial charge in [0.2, 0.25) is 5.89 Å². The third kappa shape index (κ3) is 2.75. The molecule has 0 unspecified atom stereocenters. The summed E-state index contributed by atoms with van der Waals surface area (Å²) in [6.45, 7) is 4.42. The standard InChI is InChI=1S/C12H16N4O/c1-8-9(2)17-12(16-8)7-15-10-4-5-14-11(6-10)13-3/h4-6H,7H2,1-3H3,(H2,13,14,15). The zero-order chi connectivity index (χ0) is 12.3. The van der Waals surface area contributed by atoms with Gasteiger partial charge in [0.15, 0.2) is 0 Å². The summed E-state index contributed by atoms with van der Waals surface area (Å²) in [4.78, 5) is 8.45. The minimum Gasteiger partial charge on any atom is -0.444 e. The van der Waals surface area contributed by atoms with E-state index in [9.17, 15) is 0 Å². The average Bonchev–Trinajstić information content (AvgIpc) is 2.67. The van der Waals surface area contributed by atoms with Crippen LogP contribution in [-0.4, -0.2) is 17.0 Å². The maximum Gasteiger partial charge on any atom is 0.213 e. The second kappa shape index (κ2) is 4.86. The topological polar surface area (TPSA) is 63.0 Å². The van der Waals surface area contributed by atoms with Crippen molar-refractivity contribution in [3.63, 3.8) is 0 Å². The molecule has 2 rings (SSSR count). The van der Waals surface area contributed by atoms with Crippen molar-refractivity contribution in [2.45, 2.75) is 20.4 Å². The Hall–Kier alpha value is -2.04. The van der Waals surface area contributed by atoms with Crippen LogP contribution in [0.1, 0.15) is 17.3 Å². The molecule has 2 heterocycles. The van der Waals surface area contributed by atoms with Crippen molar-refractivity contribution >= 4 is 11.5 Å². The van der Waals surface area contributed by atoms with Gasteiger partial charge in [0, 0.05) is 25.0 Å². The summed E-state index contributed by atoms with van der Waals surface area (Å²) in [6.07, 6.45) is 1.75. The molecule has 0 radical (unpaired) electrons. The van der Waals surface area contributed by atoms with Crippen LogP contribution in [0.5, 0.6) is 0 Å². The molecular weight excluding hydrogens is 216 g/mol. The summed E-state index contributed by atoms with van der Waals surface area (Å²) < 4.78 is 5.49. The normalized spacial score (nSPS) is 10.3. The Labute approximate surface area is 100 Å². The Morgan fingerprint density at radius 2 is 2.18 bits per heavy atom. The highest BCUT2D eigenvalue weighted by molar-refractivity contribution is 5.51. The lowest BCUT2D eigenvalue weighted by Crippen LogP contribution is -2.01. The number of hydrogen-bond donors (Lipinski definition) is 2. The maximum atomic E-state index is 5.49. The van der Waals surface area contributed by atoms with E-state index in [1.54, 1.807) is 6.20 Å². The van der Waals surface area contributed by atoms with E-state index < -0.39 is 0 Å². The summed E-state index contributed by atoms with van der Waals surface area (Å²) >= 11 is 0. The van der Waals surface area contributed by atoms with Crippen LogP contribution in [0.25, 0.3) is 0 Å². The minimum atomic E-state index is 0.571. The van der Waals surface area contributed by atoms with Crippen LogP contribution in [-0.2, 0) is 6.54 Å². The predicted octanol–water partition coefficient (Wildman–Crippen LogP) is 2.34. The second-order valence-corrected chi connectivity index (χ2v) is 3.78. The molecule has 0 bridgehead atoms. The predicted molar refractivity (Wildman–Crippen MR) is 67.1 cm³/mol. The fraction of sp³-hybridized carbons (Fsp3) is 0.333. The van der Waals surface area contributed by atoms with Crippen LogP contribution in [0.4, 0.5) is 11.5 Å². The van der Waals surface area contributed by atoms with E-state index in [1.165, 1.54) is 0 Å². The molecule has 0 aliphatic carbocycles. The first kappa shape index (κ1) is 11.4. The molecule has 0 aromatic carbocycles. The smallest absolute Gasteiger partial charge is 0.213 e. The van der Waals surface area contributed by atoms with Crippen molar-refractivity contribution in [1.29, 1.82) is 0 Å². The molecule has 0 amide bonds. The number of anilines is 2. The molecule has 5 nitrogen and oxygen atoms in total. The highest BCUT2D eigenvalue weighted by Crippen LogP contribution is 2.14. The molecule has 5 heteroatoms. The first-order chi connectivity index (χ1) is 8.19. The monoisotopic (exact) mass is 232 g/mol. The van der Waals surface area contributed by atoms with Crippen molar-refractivity contribution in [3.05, 3.63) is 35.7 Å². The van der Waals surface area contributed by atoms with Crippen LogP contribution in [0, 0.1) is 13.8 Å². The van der Waals surface area contributed by atoms with Crippen LogP contribution in [0.15, 0.2) is 22.7 Å². The fourth-order valence-corrected chi connectivity index (χ4v) is 1.47. The van der Waals surface area contributed by atoms with E-state index in [4.69, 9.17) is 4.42 Å². The van der Waals surface area contributed by atoms with Gasteiger partial charge in [0.25, 0.3) is 0 Å². The van der Waals surface area contributed by atoms with E-state index in [0.29, 0.717) is 12.4 Å². The lowest BCUT2D eigenvalue weighted by molar-refractivity contribution is 0.478. The van der Waals surface area contributed by atoms with Gasteiger partial charge in [-0.25, -0.2) is 9.97 Å². The Morgan fingerprint density at radius 3 is 2.82 bits per heavy atom. The Balaban J connectivity index is 2.01. The van der Waals surface area contributed by atoms with Gasteiger partial charge in [0.1, 0.15) is 11.6 Å². The number of hydrogen-bond acceptors (Lipinski definition) is 5. The van der Waals surface area contributed by atoms with Gasteiger partial charge < -0.3 is 15.1 Å². The number of nitrogens with zero attached hydrogens (tertiary/aromatic N) is 2. The average molecular weight is 232 g/mol. The van der Waals surface area contributed by atoms with Gasteiger partial charge in [-0.3, -0.25) is 0 Å². The molecule has 0 spiro atoms. The van der Waals surface area contributed by atoms with Gasteiger partial charge in [0.05, 0.1) is 12.2 Å². The molecule has 17 heavy (non-hydrogen) atoms. The zero-order valence-corrected chi connectivity index (χ0v) is 10.2. The molecule has 2 aromatic rings. The van der Waals surface area contributed by atoms with Gasteiger partial charge in [-0.05, 0) is 19.9 Å². The van der Waals surface area contributed by atoms with E-state index >= 15 is 0 Å². The summed E-state index contributed by atoms with van der Waals surface area (Å²) in [7, 11) is 1.84. The lowest BCUT2D eigenvalue weighted by Gasteiger charge is -2.05. The molecule has 2 aromatic heterocycles. The van der Waals surface area contributed by atoms with Crippen molar-refractivity contribution in [2.75, 3.05) is 17.7 Å². The number of aromatic nitrogens is 2. The molecule has 0 fully saturated rings. The highest BCUT2D eigenvalue weighted by Gasteiger charge is 2.05. The van der Waals surface area contributed by atoms with E-state index in [0.717, 1.165) is 23.0 Å². The molecule has 0 aliphatic heterocycles. The molecule has 0 saturated heterocycles. The van der Waals surface area contributed by atoms with Crippen LogP contribution in [0.2, 0.25) is 0 Å². The van der Waals surface area contributed by atoms with Crippen molar-refractivity contribution < 1.29 is 4.42 Å². The van der Waals surface area contributed by atoms with Crippen LogP contribution in [0.3, 0.4) is 0 Å². The summed E-state index contributed by atoms with van der Waals surface area (Å²) in [5, 5.41) is 6.23. The maximum absolute atomic E-state index is 5.49. The molecule has 0 saturated carbocycles.